The Morgan fingerprint density at radius 3 is 3.20 bits per heavy atom. The molecule has 0 aliphatic carbocycles. The molecule has 50 valence electrons. The maximum Gasteiger partial charge on any atom is 0.177 e. The molecule has 2 aromatic rings. The van der Waals surface area contributed by atoms with Gasteiger partial charge in [-0.25, -0.2) is 14.4 Å². The SMILES string of the molecule is Fc1cnc2nc[nH]c2c1. The summed E-state index contributed by atoms with van der Waals surface area (Å²) in [5.41, 5.74) is 1.17. The molecule has 0 aromatic carbocycles. The van der Waals surface area contributed by atoms with E-state index in [-0.39, 0.29) is 5.82 Å². The smallest absolute Gasteiger partial charge is 0.177 e. The highest BCUT2D eigenvalue weighted by Gasteiger charge is 1.96. The van der Waals surface area contributed by atoms with E-state index in [1.165, 1.54) is 12.4 Å². The number of imidazole rings is 1. The second-order valence-corrected chi connectivity index (χ2v) is 1.93. The van der Waals surface area contributed by atoms with Gasteiger partial charge in [0.05, 0.1) is 18.0 Å². The number of aromatic nitrogens is 3. The lowest BCUT2D eigenvalue weighted by atomic mass is 10.4. The molecule has 1 N–H and O–H groups in total. The van der Waals surface area contributed by atoms with Crippen LogP contribution >= 0.6 is 0 Å². The highest BCUT2D eigenvalue weighted by atomic mass is 19.1. The van der Waals surface area contributed by atoms with Crippen LogP contribution in [0.15, 0.2) is 18.6 Å². The van der Waals surface area contributed by atoms with Crippen molar-refractivity contribution in [2.75, 3.05) is 0 Å². The van der Waals surface area contributed by atoms with Gasteiger partial charge in [0, 0.05) is 6.07 Å². The van der Waals surface area contributed by atoms with E-state index in [0.29, 0.717) is 11.2 Å². The molecule has 2 rings (SSSR count). The van der Waals surface area contributed by atoms with Crippen LogP contribution in [0, 0.1) is 5.82 Å². The van der Waals surface area contributed by atoms with Crippen molar-refractivity contribution < 1.29 is 4.39 Å². The zero-order valence-electron chi connectivity index (χ0n) is 5.00. The first kappa shape index (κ1) is 5.34. The van der Waals surface area contributed by atoms with Crippen molar-refractivity contribution in [1.82, 2.24) is 15.0 Å². The van der Waals surface area contributed by atoms with Crippen LogP contribution in [0.4, 0.5) is 4.39 Å². The van der Waals surface area contributed by atoms with Gasteiger partial charge < -0.3 is 4.98 Å². The topological polar surface area (TPSA) is 41.6 Å². The van der Waals surface area contributed by atoms with Crippen LogP contribution in [0.3, 0.4) is 0 Å². The van der Waals surface area contributed by atoms with Crippen molar-refractivity contribution in [3.63, 3.8) is 0 Å². The largest absolute Gasteiger partial charge is 0.343 e. The molecule has 0 saturated heterocycles. The lowest BCUT2D eigenvalue weighted by Crippen LogP contribution is -1.78. The minimum absolute atomic E-state index is 0.350. The van der Waals surface area contributed by atoms with Gasteiger partial charge in [0.15, 0.2) is 5.65 Å². The summed E-state index contributed by atoms with van der Waals surface area (Å²) < 4.78 is 12.4. The zero-order valence-corrected chi connectivity index (χ0v) is 5.00. The van der Waals surface area contributed by atoms with E-state index in [2.05, 4.69) is 15.0 Å². The number of H-pyrrole nitrogens is 1. The Kier molecular flexibility index (Phi) is 0.943. The van der Waals surface area contributed by atoms with E-state index in [1.54, 1.807) is 0 Å². The van der Waals surface area contributed by atoms with Gasteiger partial charge in [0.25, 0.3) is 0 Å². The van der Waals surface area contributed by atoms with Gasteiger partial charge in [-0.2, -0.15) is 0 Å². The summed E-state index contributed by atoms with van der Waals surface area (Å²) in [5, 5.41) is 0. The molecule has 0 atom stereocenters. The summed E-state index contributed by atoms with van der Waals surface area (Å²) in [6.07, 6.45) is 2.63. The molecule has 0 amide bonds. The Morgan fingerprint density at radius 1 is 1.40 bits per heavy atom. The summed E-state index contributed by atoms with van der Waals surface area (Å²) in [6, 6.07) is 1.36. The van der Waals surface area contributed by atoms with Gasteiger partial charge in [-0.15, -0.1) is 0 Å². The maximum absolute atomic E-state index is 12.4. The molecule has 0 radical (unpaired) electrons. The first-order valence-electron chi connectivity index (χ1n) is 2.81. The summed E-state index contributed by atoms with van der Waals surface area (Å²) in [5.74, 6) is -0.350. The predicted molar refractivity (Wildman–Crippen MR) is 33.8 cm³/mol. The van der Waals surface area contributed by atoms with Gasteiger partial charge in [-0.05, 0) is 0 Å². The van der Waals surface area contributed by atoms with Crippen LogP contribution in [-0.4, -0.2) is 15.0 Å². The lowest BCUT2D eigenvalue weighted by Gasteiger charge is -1.85. The third kappa shape index (κ3) is 0.655. The van der Waals surface area contributed by atoms with Crippen molar-refractivity contribution in [2.45, 2.75) is 0 Å². The van der Waals surface area contributed by atoms with Crippen molar-refractivity contribution in [2.24, 2.45) is 0 Å². The van der Waals surface area contributed by atoms with Crippen molar-refractivity contribution in [1.29, 1.82) is 0 Å². The van der Waals surface area contributed by atoms with E-state index in [9.17, 15) is 4.39 Å². The van der Waals surface area contributed by atoms with Gasteiger partial charge in [-0.1, -0.05) is 0 Å². The summed E-state index contributed by atoms with van der Waals surface area (Å²) in [7, 11) is 0. The zero-order chi connectivity index (χ0) is 6.97. The summed E-state index contributed by atoms with van der Waals surface area (Å²) in [4.78, 5) is 10.3. The summed E-state index contributed by atoms with van der Waals surface area (Å²) >= 11 is 0. The Bertz CT molecular complexity index is 355. The van der Waals surface area contributed by atoms with Crippen molar-refractivity contribution in [3.8, 4) is 0 Å². The number of nitrogens with zero attached hydrogens (tertiary/aromatic N) is 2. The van der Waals surface area contributed by atoms with Gasteiger partial charge in [-0.3, -0.25) is 0 Å². The Labute approximate surface area is 55.9 Å². The third-order valence-corrected chi connectivity index (χ3v) is 1.24. The van der Waals surface area contributed by atoms with Crippen LogP contribution in [0.5, 0.6) is 0 Å². The fourth-order valence-corrected chi connectivity index (χ4v) is 0.804. The van der Waals surface area contributed by atoms with E-state index in [4.69, 9.17) is 0 Å². The molecule has 0 saturated carbocycles. The fourth-order valence-electron chi connectivity index (χ4n) is 0.804. The molecular formula is C6H4FN3. The van der Waals surface area contributed by atoms with E-state index in [1.807, 2.05) is 0 Å². The number of aromatic amines is 1. The second-order valence-electron chi connectivity index (χ2n) is 1.93. The van der Waals surface area contributed by atoms with Gasteiger partial charge in [0.1, 0.15) is 5.82 Å². The van der Waals surface area contributed by atoms with Gasteiger partial charge in [0.2, 0.25) is 0 Å². The third-order valence-electron chi connectivity index (χ3n) is 1.24. The van der Waals surface area contributed by atoms with Crippen LogP contribution in [0.2, 0.25) is 0 Å². The molecule has 2 heterocycles. The monoisotopic (exact) mass is 137 g/mol. The molecule has 0 aliphatic rings. The number of hydrogen-bond acceptors (Lipinski definition) is 2. The maximum atomic E-state index is 12.4. The van der Waals surface area contributed by atoms with E-state index in [0.717, 1.165) is 6.20 Å². The fraction of sp³-hybridized carbons (Fsp3) is 0. The first-order chi connectivity index (χ1) is 4.86. The van der Waals surface area contributed by atoms with E-state index >= 15 is 0 Å². The number of pyridine rings is 1. The number of fused-ring (bicyclic) bond motifs is 1. The number of rotatable bonds is 0. The second kappa shape index (κ2) is 1.76. The molecule has 0 fully saturated rings. The number of halogens is 1. The normalized spacial score (nSPS) is 10.5. The quantitative estimate of drug-likeness (QED) is 0.590. The minimum Gasteiger partial charge on any atom is -0.343 e. The van der Waals surface area contributed by atoms with Gasteiger partial charge >= 0.3 is 0 Å². The number of hydrogen-bond donors (Lipinski definition) is 1. The molecule has 4 heteroatoms. The highest BCUT2D eigenvalue weighted by molar-refractivity contribution is 5.68. The Morgan fingerprint density at radius 2 is 2.30 bits per heavy atom. The molecule has 3 nitrogen and oxygen atoms in total. The molecule has 2 aromatic heterocycles. The molecular weight excluding hydrogens is 133 g/mol. The Balaban J connectivity index is 2.86. The average molecular weight is 137 g/mol. The number of nitrogens with one attached hydrogen (secondary N) is 1. The van der Waals surface area contributed by atoms with Crippen LogP contribution in [0.1, 0.15) is 0 Å². The Hall–Kier alpha value is -1.45. The molecule has 0 spiro atoms. The summed E-state index contributed by atoms with van der Waals surface area (Å²) in [6.45, 7) is 0. The van der Waals surface area contributed by atoms with Crippen LogP contribution in [-0.2, 0) is 0 Å². The van der Waals surface area contributed by atoms with E-state index < -0.39 is 0 Å². The molecule has 0 unspecified atom stereocenters. The average Bonchev–Trinajstić information content (AvgIpc) is 2.33. The standard InChI is InChI=1S/C6H4FN3/c7-4-1-5-6(8-2-4)10-3-9-5/h1-3H,(H,8,9,10). The van der Waals surface area contributed by atoms with Crippen LogP contribution in [0.25, 0.3) is 11.2 Å². The minimum atomic E-state index is -0.350. The first-order valence-corrected chi connectivity index (χ1v) is 2.81. The lowest BCUT2D eigenvalue weighted by molar-refractivity contribution is 0.624. The molecule has 0 aliphatic heterocycles. The highest BCUT2D eigenvalue weighted by Crippen LogP contribution is 2.05. The predicted octanol–water partition coefficient (Wildman–Crippen LogP) is 1.10. The molecule has 10 heavy (non-hydrogen) atoms. The van der Waals surface area contributed by atoms with Crippen molar-refractivity contribution >= 4 is 11.2 Å². The van der Waals surface area contributed by atoms with Crippen molar-refractivity contribution in [3.05, 3.63) is 24.4 Å². The molecule has 0 bridgehead atoms. The van der Waals surface area contributed by atoms with Crippen LogP contribution < -0.4 is 0 Å².